The Labute approximate surface area is 142 Å². The van der Waals surface area contributed by atoms with Crippen molar-refractivity contribution >= 4 is 16.8 Å². The number of benzene rings is 1. The first kappa shape index (κ1) is 16.7. The molecule has 1 saturated carbocycles. The van der Waals surface area contributed by atoms with Gasteiger partial charge in [-0.15, -0.1) is 0 Å². The Morgan fingerprint density at radius 2 is 1.83 bits per heavy atom. The van der Waals surface area contributed by atoms with E-state index >= 15 is 0 Å². The van der Waals surface area contributed by atoms with Gasteiger partial charge in [0.2, 0.25) is 5.91 Å². The number of pyridine rings is 1. The molecule has 1 heterocycles. The van der Waals surface area contributed by atoms with E-state index in [1.54, 1.807) is 0 Å². The summed E-state index contributed by atoms with van der Waals surface area (Å²) in [5, 5.41) is 1.03. The van der Waals surface area contributed by atoms with Crippen LogP contribution in [-0.2, 0) is 11.3 Å². The zero-order chi connectivity index (χ0) is 17.3. The number of carbonyl (C=O) groups is 1. The van der Waals surface area contributed by atoms with E-state index in [1.165, 1.54) is 24.0 Å². The Balaban J connectivity index is 1.97. The number of carbonyl (C=O) groups excluding carboxylic acids is 1. The molecular formula is C20H26N2O2. The monoisotopic (exact) mass is 326 g/mol. The fourth-order valence-corrected chi connectivity index (χ4v) is 3.66. The molecule has 0 atom stereocenters. The maximum atomic E-state index is 12.5. The molecule has 4 heteroatoms. The molecular weight excluding hydrogens is 300 g/mol. The maximum Gasteiger partial charge on any atom is 0.253 e. The molecule has 0 bridgehead atoms. The molecule has 0 saturated heterocycles. The Morgan fingerprint density at radius 1 is 1.17 bits per heavy atom. The summed E-state index contributed by atoms with van der Waals surface area (Å²) in [6, 6.07) is 6.35. The zero-order valence-electron chi connectivity index (χ0n) is 14.8. The van der Waals surface area contributed by atoms with Crippen molar-refractivity contribution in [3.05, 3.63) is 45.2 Å². The van der Waals surface area contributed by atoms with Crippen LogP contribution in [0, 0.1) is 13.8 Å². The summed E-state index contributed by atoms with van der Waals surface area (Å²) in [4.78, 5) is 29.8. The molecule has 1 aliphatic carbocycles. The highest BCUT2D eigenvalue weighted by Crippen LogP contribution is 2.26. The van der Waals surface area contributed by atoms with Gasteiger partial charge in [-0.3, -0.25) is 9.59 Å². The van der Waals surface area contributed by atoms with Gasteiger partial charge in [-0.05, 0) is 61.4 Å². The number of H-pyrrole nitrogens is 1. The summed E-state index contributed by atoms with van der Waals surface area (Å²) in [6.07, 6.45) is 4.93. The van der Waals surface area contributed by atoms with Crippen LogP contribution in [0.2, 0.25) is 0 Å². The van der Waals surface area contributed by atoms with Crippen LogP contribution < -0.4 is 5.56 Å². The third-order valence-electron chi connectivity index (χ3n) is 5.26. The topological polar surface area (TPSA) is 53.2 Å². The SMILES string of the molecule is CCC(=O)N(Cc1cc2cc(C)c(C)cc2[nH]c1=O)C1CCCC1. The lowest BCUT2D eigenvalue weighted by molar-refractivity contribution is -0.133. The van der Waals surface area contributed by atoms with Gasteiger partial charge in [-0.1, -0.05) is 19.8 Å². The Bertz CT molecular complexity index is 816. The van der Waals surface area contributed by atoms with Crippen molar-refractivity contribution in [1.82, 2.24) is 9.88 Å². The van der Waals surface area contributed by atoms with Crippen LogP contribution in [0.4, 0.5) is 0 Å². The molecule has 128 valence electrons. The van der Waals surface area contributed by atoms with E-state index in [1.807, 2.05) is 30.9 Å². The van der Waals surface area contributed by atoms with Crippen LogP contribution in [0.25, 0.3) is 10.9 Å². The lowest BCUT2D eigenvalue weighted by Crippen LogP contribution is -2.39. The third kappa shape index (κ3) is 3.23. The highest BCUT2D eigenvalue weighted by Gasteiger charge is 2.26. The Kier molecular flexibility index (Phi) is 4.74. The first-order chi connectivity index (χ1) is 11.5. The maximum absolute atomic E-state index is 12.5. The van der Waals surface area contributed by atoms with E-state index in [0.717, 1.165) is 23.7 Å². The largest absolute Gasteiger partial charge is 0.335 e. The second-order valence-corrected chi connectivity index (χ2v) is 6.96. The van der Waals surface area contributed by atoms with Gasteiger partial charge in [0, 0.05) is 23.5 Å². The fraction of sp³-hybridized carbons (Fsp3) is 0.500. The number of aryl methyl sites for hydroxylation is 2. The number of aromatic amines is 1. The first-order valence-corrected chi connectivity index (χ1v) is 8.92. The standard InChI is InChI=1S/C20H26N2O2/c1-4-19(23)22(17-7-5-6-8-17)12-16-11-15-9-13(2)14(3)10-18(15)21-20(16)24/h9-11,17H,4-8,12H2,1-3H3,(H,21,24). The van der Waals surface area contributed by atoms with Crippen molar-refractivity contribution in [3.63, 3.8) is 0 Å². The fourth-order valence-electron chi connectivity index (χ4n) is 3.66. The van der Waals surface area contributed by atoms with E-state index in [2.05, 4.69) is 18.0 Å². The van der Waals surface area contributed by atoms with E-state index < -0.39 is 0 Å². The van der Waals surface area contributed by atoms with Crippen LogP contribution in [-0.4, -0.2) is 21.8 Å². The lowest BCUT2D eigenvalue weighted by Gasteiger charge is -2.28. The average molecular weight is 326 g/mol. The quantitative estimate of drug-likeness (QED) is 0.928. The van der Waals surface area contributed by atoms with E-state index in [9.17, 15) is 9.59 Å². The van der Waals surface area contributed by atoms with E-state index in [4.69, 9.17) is 0 Å². The van der Waals surface area contributed by atoms with Crippen LogP contribution in [0.5, 0.6) is 0 Å². The molecule has 0 aliphatic heterocycles. The van der Waals surface area contributed by atoms with Gasteiger partial charge >= 0.3 is 0 Å². The Morgan fingerprint density at radius 3 is 2.50 bits per heavy atom. The molecule has 0 spiro atoms. The summed E-state index contributed by atoms with van der Waals surface area (Å²) >= 11 is 0. The number of nitrogens with one attached hydrogen (secondary N) is 1. The second-order valence-electron chi connectivity index (χ2n) is 6.96. The van der Waals surface area contributed by atoms with Crippen molar-refractivity contribution in [2.24, 2.45) is 0 Å². The number of hydrogen-bond donors (Lipinski definition) is 1. The smallest absolute Gasteiger partial charge is 0.253 e. The molecule has 1 aliphatic rings. The number of hydrogen-bond acceptors (Lipinski definition) is 2. The summed E-state index contributed by atoms with van der Waals surface area (Å²) in [6.45, 7) is 6.42. The number of aromatic nitrogens is 1. The second kappa shape index (κ2) is 6.80. The number of nitrogens with zero attached hydrogens (tertiary/aromatic N) is 1. The number of rotatable bonds is 4. The normalized spacial score (nSPS) is 15.1. The van der Waals surface area contributed by atoms with Gasteiger partial charge in [0.1, 0.15) is 0 Å². The molecule has 0 unspecified atom stereocenters. The molecule has 1 aromatic carbocycles. The van der Waals surface area contributed by atoms with Crippen molar-refractivity contribution in [2.45, 2.75) is 65.5 Å². The van der Waals surface area contributed by atoms with Crippen LogP contribution in [0.15, 0.2) is 23.0 Å². The molecule has 1 N–H and O–H groups in total. The molecule has 2 aromatic rings. The van der Waals surface area contributed by atoms with E-state index in [-0.39, 0.29) is 17.5 Å². The zero-order valence-corrected chi connectivity index (χ0v) is 14.8. The molecule has 24 heavy (non-hydrogen) atoms. The summed E-state index contributed by atoms with van der Waals surface area (Å²) in [7, 11) is 0. The van der Waals surface area contributed by atoms with Gasteiger partial charge in [0.25, 0.3) is 5.56 Å². The van der Waals surface area contributed by atoms with E-state index in [0.29, 0.717) is 18.5 Å². The highest BCUT2D eigenvalue weighted by molar-refractivity contribution is 5.81. The molecule has 1 amide bonds. The van der Waals surface area contributed by atoms with Gasteiger partial charge in [0.05, 0.1) is 6.54 Å². The predicted molar refractivity (Wildman–Crippen MR) is 97.1 cm³/mol. The van der Waals surface area contributed by atoms with Crippen molar-refractivity contribution < 1.29 is 4.79 Å². The van der Waals surface area contributed by atoms with Gasteiger partial charge < -0.3 is 9.88 Å². The molecule has 1 fully saturated rings. The first-order valence-electron chi connectivity index (χ1n) is 8.92. The number of fused-ring (bicyclic) bond motifs is 1. The minimum atomic E-state index is -0.0855. The molecule has 1 aromatic heterocycles. The molecule has 4 nitrogen and oxygen atoms in total. The van der Waals surface area contributed by atoms with Crippen LogP contribution >= 0.6 is 0 Å². The lowest BCUT2D eigenvalue weighted by atomic mass is 10.0. The third-order valence-corrected chi connectivity index (χ3v) is 5.26. The van der Waals surface area contributed by atoms with Gasteiger partial charge in [-0.2, -0.15) is 0 Å². The predicted octanol–water partition coefficient (Wildman–Crippen LogP) is 3.83. The van der Waals surface area contributed by atoms with Crippen molar-refractivity contribution in [3.8, 4) is 0 Å². The summed E-state index contributed by atoms with van der Waals surface area (Å²) < 4.78 is 0. The van der Waals surface area contributed by atoms with Crippen LogP contribution in [0.1, 0.15) is 55.7 Å². The summed E-state index contributed by atoms with van der Waals surface area (Å²) in [5.41, 5.74) is 3.83. The van der Waals surface area contributed by atoms with Crippen molar-refractivity contribution in [1.29, 1.82) is 0 Å². The number of amides is 1. The summed E-state index contributed by atoms with van der Waals surface area (Å²) in [5.74, 6) is 0.140. The minimum Gasteiger partial charge on any atom is -0.335 e. The molecule has 0 radical (unpaired) electrons. The average Bonchev–Trinajstić information content (AvgIpc) is 3.08. The van der Waals surface area contributed by atoms with Gasteiger partial charge in [0.15, 0.2) is 0 Å². The Hall–Kier alpha value is -2.10. The van der Waals surface area contributed by atoms with Crippen molar-refractivity contribution in [2.75, 3.05) is 0 Å². The van der Waals surface area contributed by atoms with Gasteiger partial charge in [-0.25, -0.2) is 0 Å². The molecule has 3 rings (SSSR count). The highest BCUT2D eigenvalue weighted by atomic mass is 16.2. The van der Waals surface area contributed by atoms with Crippen LogP contribution in [0.3, 0.4) is 0 Å². The minimum absolute atomic E-state index is 0.0855.